The average molecular weight is 280 g/mol. The predicted molar refractivity (Wildman–Crippen MR) is 81.2 cm³/mol. The van der Waals surface area contributed by atoms with E-state index in [0.29, 0.717) is 43.7 Å². The van der Waals surface area contributed by atoms with Gasteiger partial charge in [-0.15, -0.1) is 0 Å². The van der Waals surface area contributed by atoms with Gasteiger partial charge in [-0.3, -0.25) is 0 Å². The zero-order valence-corrected chi connectivity index (χ0v) is 13.9. The van der Waals surface area contributed by atoms with Crippen LogP contribution in [0.5, 0.6) is 0 Å². The predicted octanol–water partition coefficient (Wildman–Crippen LogP) is 2.31. The summed E-state index contributed by atoms with van der Waals surface area (Å²) in [5.74, 6) is 1.32. The molecule has 0 aromatic rings. The molecule has 1 aliphatic heterocycles. The molecular weight excluding hydrogens is 244 g/mol. The molecule has 120 valence electrons. The van der Waals surface area contributed by atoms with Crippen LogP contribution in [0.1, 0.15) is 48.5 Å². The lowest BCUT2D eigenvalue weighted by atomic mass is 10.2. The summed E-state index contributed by atoms with van der Waals surface area (Å²) in [5, 5.41) is 24.4. The molecule has 1 unspecified atom stereocenters. The van der Waals surface area contributed by atoms with Crippen LogP contribution in [0.15, 0.2) is 0 Å². The number of epoxide rings is 1. The van der Waals surface area contributed by atoms with E-state index in [1.807, 2.05) is 41.5 Å². The first-order chi connectivity index (χ1) is 8.70. The van der Waals surface area contributed by atoms with E-state index in [0.717, 1.165) is 6.61 Å². The molecule has 1 aliphatic rings. The van der Waals surface area contributed by atoms with Crippen LogP contribution in [-0.2, 0) is 4.74 Å². The molecule has 1 saturated heterocycles. The van der Waals surface area contributed by atoms with Crippen LogP contribution in [0.4, 0.5) is 0 Å². The summed E-state index contributed by atoms with van der Waals surface area (Å²) in [7, 11) is 0. The minimum atomic E-state index is 0.306. The molecule has 19 heavy (non-hydrogen) atoms. The van der Waals surface area contributed by atoms with Gasteiger partial charge >= 0.3 is 0 Å². The lowest BCUT2D eigenvalue weighted by Crippen LogP contribution is -1.90. The maximum Gasteiger partial charge on any atom is 0.0781 e. The number of hydrogen-bond donors (Lipinski definition) is 3. The van der Waals surface area contributed by atoms with E-state index in [1.165, 1.54) is 0 Å². The highest BCUT2D eigenvalue weighted by Crippen LogP contribution is 2.04. The van der Waals surface area contributed by atoms with Gasteiger partial charge in [-0.25, -0.2) is 0 Å². The molecule has 0 bridgehead atoms. The third kappa shape index (κ3) is 57.3. The quantitative estimate of drug-likeness (QED) is 0.694. The first kappa shape index (κ1) is 23.9. The number of hydrogen-bond acceptors (Lipinski definition) is 4. The summed E-state index contributed by atoms with van der Waals surface area (Å²) in [6, 6.07) is 0. The first-order valence-corrected chi connectivity index (χ1v) is 7.15. The van der Waals surface area contributed by atoms with Crippen molar-refractivity contribution in [1.29, 1.82) is 0 Å². The number of ether oxygens (including phenoxy) is 1. The number of aliphatic hydroxyl groups is 3. The van der Waals surface area contributed by atoms with Crippen LogP contribution < -0.4 is 0 Å². The molecule has 0 radical (unpaired) electrons. The van der Waals surface area contributed by atoms with E-state index in [9.17, 15) is 0 Å². The minimum Gasteiger partial charge on any atom is -0.396 e. The van der Waals surface area contributed by atoms with Gasteiger partial charge in [0.15, 0.2) is 0 Å². The fourth-order valence-electron chi connectivity index (χ4n) is 0.0962. The van der Waals surface area contributed by atoms with Gasteiger partial charge in [-0.05, 0) is 24.7 Å². The highest BCUT2D eigenvalue weighted by molar-refractivity contribution is 4.58. The summed E-state index contributed by atoms with van der Waals surface area (Å²) in [5.41, 5.74) is 0. The Morgan fingerprint density at radius 1 is 0.789 bits per heavy atom. The molecule has 0 saturated carbocycles. The highest BCUT2D eigenvalue weighted by atomic mass is 16.6. The summed E-state index contributed by atoms with van der Waals surface area (Å²) < 4.78 is 4.71. The molecule has 0 aromatic heterocycles. The fourth-order valence-corrected chi connectivity index (χ4v) is 0.0962. The molecule has 0 amide bonds. The number of aliphatic hydroxyl groups excluding tert-OH is 3. The largest absolute Gasteiger partial charge is 0.396 e. The van der Waals surface area contributed by atoms with Gasteiger partial charge in [0.2, 0.25) is 0 Å². The smallest absolute Gasteiger partial charge is 0.0781 e. The number of rotatable bonds is 3. The fraction of sp³-hybridized carbons (Fsp3) is 1.00. The molecule has 1 atom stereocenters. The van der Waals surface area contributed by atoms with Gasteiger partial charge in [-0.2, -0.15) is 0 Å². The van der Waals surface area contributed by atoms with Gasteiger partial charge < -0.3 is 20.1 Å². The molecule has 0 aromatic carbocycles. The van der Waals surface area contributed by atoms with Crippen LogP contribution in [0.2, 0.25) is 0 Å². The van der Waals surface area contributed by atoms with Crippen LogP contribution in [0.3, 0.4) is 0 Å². The van der Waals surface area contributed by atoms with E-state index in [4.69, 9.17) is 20.1 Å². The molecular formula is C15H36O4. The van der Waals surface area contributed by atoms with Gasteiger partial charge in [0, 0.05) is 19.8 Å². The maximum atomic E-state index is 8.14. The van der Waals surface area contributed by atoms with E-state index in [2.05, 4.69) is 6.92 Å². The second-order valence-electron chi connectivity index (χ2n) is 5.87. The summed E-state index contributed by atoms with van der Waals surface area (Å²) in [6.07, 6.45) is 0.583. The van der Waals surface area contributed by atoms with E-state index < -0.39 is 0 Å². The van der Waals surface area contributed by atoms with Crippen LogP contribution in [0, 0.1) is 17.8 Å². The van der Waals surface area contributed by atoms with Crippen molar-refractivity contribution >= 4 is 0 Å². The lowest BCUT2D eigenvalue weighted by Gasteiger charge is -1.90. The minimum absolute atomic E-state index is 0.306. The summed E-state index contributed by atoms with van der Waals surface area (Å²) in [4.78, 5) is 0. The van der Waals surface area contributed by atoms with Gasteiger partial charge in [0.25, 0.3) is 0 Å². The van der Waals surface area contributed by atoms with Crippen molar-refractivity contribution in [2.75, 3.05) is 26.4 Å². The zero-order valence-electron chi connectivity index (χ0n) is 13.9. The second kappa shape index (κ2) is 17.8. The average Bonchev–Trinajstić information content (AvgIpc) is 3.13. The zero-order chi connectivity index (χ0) is 15.8. The molecule has 0 aliphatic carbocycles. The van der Waals surface area contributed by atoms with Crippen molar-refractivity contribution in [2.45, 2.75) is 54.6 Å². The first-order valence-electron chi connectivity index (χ1n) is 7.15. The Hall–Kier alpha value is -0.160. The Morgan fingerprint density at radius 2 is 0.895 bits per heavy atom. The molecule has 4 nitrogen and oxygen atoms in total. The Morgan fingerprint density at radius 3 is 0.895 bits per heavy atom. The SMILES string of the molecule is CC(C)CO.CC(C)CO.CC(C)CO.CC1CO1. The molecule has 4 heteroatoms. The van der Waals surface area contributed by atoms with Crippen LogP contribution in [0.25, 0.3) is 0 Å². The Bertz CT molecular complexity index is 124. The third-order valence-electron chi connectivity index (χ3n) is 1.60. The molecule has 1 rings (SSSR count). The normalized spacial score (nSPS) is 15.9. The molecule has 1 heterocycles. The van der Waals surface area contributed by atoms with Gasteiger partial charge in [-0.1, -0.05) is 41.5 Å². The van der Waals surface area contributed by atoms with E-state index >= 15 is 0 Å². The van der Waals surface area contributed by atoms with Crippen molar-refractivity contribution < 1.29 is 20.1 Å². The van der Waals surface area contributed by atoms with Gasteiger partial charge in [0.05, 0.1) is 12.7 Å². The van der Waals surface area contributed by atoms with E-state index in [-0.39, 0.29) is 0 Å². The Balaban J connectivity index is -0.000000180. The summed E-state index contributed by atoms with van der Waals surface area (Å²) in [6.45, 7) is 15.8. The third-order valence-corrected chi connectivity index (χ3v) is 1.60. The monoisotopic (exact) mass is 280 g/mol. The maximum absolute atomic E-state index is 8.14. The van der Waals surface area contributed by atoms with Crippen LogP contribution in [-0.4, -0.2) is 47.9 Å². The topological polar surface area (TPSA) is 73.2 Å². The Labute approximate surface area is 119 Å². The van der Waals surface area contributed by atoms with Crippen molar-refractivity contribution in [3.8, 4) is 0 Å². The van der Waals surface area contributed by atoms with E-state index in [1.54, 1.807) is 0 Å². The standard InChI is InChI=1S/3C4H10O.C3H6O/c3*1-4(2)3-5;1-3-2-4-3/h3*4-5H,3H2,1-2H3;3H,2H2,1H3. The lowest BCUT2D eigenvalue weighted by molar-refractivity contribution is 0.248. The van der Waals surface area contributed by atoms with Crippen molar-refractivity contribution in [3.05, 3.63) is 0 Å². The van der Waals surface area contributed by atoms with Crippen LogP contribution >= 0.6 is 0 Å². The molecule has 3 N–H and O–H groups in total. The molecule has 1 fully saturated rings. The van der Waals surface area contributed by atoms with Crippen molar-refractivity contribution in [1.82, 2.24) is 0 Å². The van der Waals surface area contributed by atoms with Gasteiger partial charge in [0.1, 0.15) is 0 Å². The second-order valence-corrected chi connectivity index (χ2v) is 5.87. The highest BCUT2D eigenvalue weighted by Gasteiger charge is 2.13. The Kier molecular flexibility index (Phi) is 22.4. The van der Waals surface area contributed by atoms with Crippen molar-refractivity contribution in [2.24, 2.45) is 17.8 Å². The van der Waals surface area contributed by atoms with Crippen molar-refractivity contribution in [3.63, 3.8) is 0 Å². The molecule has 0 spiro atoms. The summed E-state index contributed by atoms with van der Waals surface area (Å²) >= 11 is 0.